The Morgan fingerprint density at radius 1 is 1.19 bits per heavy atom. The molecule has 1 amide bonds. The highest BCUT2D eigenvalue weighted by atomic mass is 35.5. The molecule has 0 fully saturated rings. The van der Waals surface area contributed by atoms with Gasteiger partial charge in [-0.3, -0.25) is 10.2 Å². The van der Waals surface area contributed by atoms with E-state index in [0.717, 1.165) is 22.6 Å². The highest BCUT2D eigenvalue weighted by Gasteiger charge is 2.35. The second-order valence-electron chi connectivity index (χ2n) is 7.71. The molecule has 6 nitrogen and oxygen atoms in total. The number of benzene rings is 2. The molecule has 0 aliphatic carbocycles. The van der Waals surface area contributed by atoms with Gasteiger partial charge in [0.2, 0.25) is 5.17 Å². The number of aliphatic imine (C=N–C) groups is 1. The lowest BCUT2D eigenvalue weighted by atomic mass is 10.1. The van der Waals surface area contributed by atoms with Gasteiger partial charge in [0.1, 0.15) is 17.4 Å². The van der Waals surface area contributed by atoms with Gasteiger partial charge in [0.25, 0.3) is 5.91 Å². The number of halogens is 2. The smallest absolute Gasteiger partial charge is 0.283 e. The molecule has 4 rings (SSSR count). The van der Waals surface area contributed by atoms with Crippen molar-refractivity contribution in [3.63, 3.8) is 0 Å². The Kier molecular flexibility index (Phi) is 6.69. The van der Waals surface area contributed by atoms with Crippen LogP contribution in [0.25, 0.3) is 6.08 Å². The van der Waals surface area contributed by atoms with Gasteiger partial charge >= 0.3 is 0 Å². The van der Waals surface area contributed by atoms with E-state index in [1.807, 2.05) is 18.2 Å². The predicted molar refractivity (Wildman–Crippen MR) is 132 cm³/mol. The molecule has 0 saturated heterocycles. The monoisotopic (exact) mass is 486 g/mol. The third kappa shape index (κ3) is 5.06. The van der Waals surface area contributed by atoms with Crippen LogP contribution in [0.2, 0.25) is 10.0 Å². The largest absolute Gasteiger partial charge is 0.489 e. The number of carbonyl (C=O) groups excluding carboxylic acids is 1. The number of nitrogens with zero attached hydrogens (tertiary/aromatic N) is 3. The van der Waals surface area contributed by atoms with Crippen molar-refractivity contribution in [2.24, 2.45) is 16.0 Å². The van der Waals surface area contributed by atoms with Gasteiger partial charge < -0.3 is 4.74 Å². The molecular weight excluding hydrogens is 467 g/mol. The molecule has 0 atom stereocenters. The molecule has 0 unspecified atom stereocenters. The number of thioether (sulfide) groups is 1. The number of hydrazone groups is 1. The summed E-state index contributed by atoms with van der Waals surface area (Å²) >= 11 is 13.4. The van der Waals surface area contributed by atoms with Crippen molar-refractivity contribution < 1.29 is 9.53 Å². The van der Waals surface area contributed by atoms with E-state index in [9.17, 15) is 4.79 Å². The highest BCUT2D eigenvalue weighted by Crippen LogP contribution is 2.30. The maximum absolute atomic E-state index is 12.5. The first kappa shape index (κ1) is 22.6. The van der Waals surface area contributed by atoms with Crippen LogP contribution in [-0.2, 0) is 11.4 Å². The van der Waals surface area contributed by atoms with E-state index in [1.165, 1.54) is 16.8 Å². The predicted octanol–water partition coefficient (Wildman–Crippen LogP) is 6.24. The lowest BCUT2D eigenvalue weighted by Gasteiger charge is -2.20. The Morgan fingerprint density at radius 2 is 1.94 bits per heavy atom. The SMILES string of the molecule is CC(C)CC1=NN2C(=N)/C(=C/c3ccc(OCc4ccc(Cl)cc4Cl)cc3)C(=O)N=C2S1. The number of hydrogen-bond donors (Lipinski definition) is 1. The molecule has 1 N–H and O–H groups in total. The second kappa shape index (κ2) is 9.48. The van der Waals surface area contributed by atoms with Crippen LogP contribution in [0.5, 0.6) is 5.75 Å². The molecule has 0 radical (unpaired) electrons. The van der Waals surface area contributed by atoms with Crippen molar-refractivity contribution in [2.45, 2.75) is 26.9 Å². The Balaban J connectivity index is 1.46. The molecule has 32 heavy (non-hydrogen) atoms. The fourth-order valence-corrected chi connectivity index (χ4v) is 4.65. The lowest BCUT2D eigenvalue weighted by molar-refractivity contribution is -0.114. The average molecular weight is 487 g/mol. The van der Waals surface area contributed by atoms with Gasteiger partial charge in [-0.2, -0.15) is 15.1 Å². The number of rotatable bonds is 6. The van der Waals surface area contributed by atoms with Gasteiger partial charge in [0.05, 0.1) is 5.57 Å². The Bertz CT molecular complexity index is 1170. The van der Waals surface area contributed by atoms with Crippen LogP contribution in [0.1, 0.15) is 31.4 Å². The van der Waals surface area contributed by atoms with Gasteiger partial charge in [-0.25, -0.2) is 0 Å². The Morgan fingerprint density at radius 3 is 2.62 bits per heavy atom. The van der Waals surface area contributed by atoms with E-state index in [4.69, 9.17) is 33.3 Å². The molecule has 2 aliphatic rings. The number of fused-ring (bicyclic) bond motifs is 1. The summed E-state index contributed by atoms with van der Waals surface area (Å²) in [5.74, 6) is 0.679. The molecule has 9 heteroatoms. The highest BCUT2D eigenvalue weighted by molar-refractivity contribution is 8.26. The van der Waals surface area contributed by atoms with Crippen molar-refractivity contribution >= 4 is 63.0 Å². The molecule has 2 aromatic rings. The van der Waals surface area contributed by atoms with Crippen molar-refractivity contribution in [3.05, 3.63) is 69.2 Å². The fourth-order valence-electron chi connectivity index (χ4n) is 3.09. The minimum absolute atomic E-state index is 0.0314. The molecule has 0 spiro atoms. The first-order chi connectivity index (χ1) is 15.3. The third-order valence-corrected chi connectivity index (χ3v) is 6.20. The molecule has 0 aromatic heterocycles. The Labute approximate surface area is 200 Å². The lowest BCUT2D eigenvalue weighted by Crippen LogP contribution is -2.35. The van der Waals surface area contributed by atoms with Crippen molar-refractivity contribution in [3.8, 4) is 5.75 Å². The minimum atomic E-state index is -0.438. The van der Waals surface area contributed by atoms with Gasteiger partial charge in [-0.1, -0.05) is 55.2 Å². The van der Waals surface area contributed by atoms with E-state index in [-0.39, 0.29) is 11.4 Å². The molecule has 2 heterocycles. The third-order valence-electron chi connectivity index (χ3n) is 4.68. The number of amides is 1. The van der Waals surface area contributed by atoms with Gasteiger partial charge in [-0.05, 0) is 53.6 Å². The molecule has 0 saturated carbocycles. The van der Waals surface area contributed by atoms with Crippen LogP contribution in [-0.4, -0.2) is 27.0 Å². The van der Waals surface area contributed by atoms with Crippen LogP contribution in [0, 0.1) is 11.3 Å². The van der Waals surface area contributed by atoms with E-state index >= 15 is 0 Å². The fraction of sp³-hybridized carbons (Fsp3) is 0.217. The van der Waals surface area contributed by atoms with Crippen molar-refractivity contribution in [1.82, 2.24) is 5.01 Å². The molecular formula is C23H20Cl2N4O2S. The molecule has 2 aromatic carbocycles. The first-order valence-electron chi connectivity index (χ1n) is 9.96. The minimum Gasteiger partial charge on any atom is -0.489 e. The summed E-state index contributed by atoms with van der Waals surface area (Å²) in [5.41, 5.74) is 1.79. The topological polar surface area (TPSA) is 78.1 Å². The number of hydrogen-bond acceptors (Lipinski definition) is 5. The maximum atomic E-state index is 12.5. The zero-order chi connectivity index (χ0) is 22.8. The zero-order valence-corrected chi connectivity index (χ0v) is 19.8. The molecule has 0 bridgehead atoms. The normalized spacial score (nSPS) is 17.0. The summed E-state index contributed by atoms with van der Waals surface area (Å²) in [6, 6.07) is 12.5. The van der Waals surface area contributed by atoms with E-state index < -0.39 is 5.91 Å². The quantitative estimate of drug-likeness (QED) is 0.490. The average Bonchev–Trinajstić information content (AvgIpc) is 3.13. The van der Waals surface area contributed by atoms with Crippen LogP contribution in [0.3, 0.4) is 0 Å². The number of nitrogens with one attached hydrogen (secondary N) is 1. The van der Waals surface area contributed by atoms with Gasteiger partial charge in [-0.15, -0.1) is 0 Å². The maximum Gasteiger partial charge on any atom is 0.283 e. The summed E-state index contributed by atoms with van der Waals surface area (Å²) in [6.07, 6.45) is 2.43. The van der Waals surface area contributed by atoms with Crippen molar-refractivity contribution in [2.75, 3.05) is 0 Å². The Hall–Kier alpha value is -2.61. The van der Waals surface area contributed by atoms with Crippen LogP contribution >= 0.6 is 35.0 Å². The number of carbonyl (C=O) groups is 1. The van der Waals surface area contributed by atoms with Crippen molar-refractivity contribution in [1.29, 1.82) is 5.41 Å². The zero-order valence-electron chi connectivity index (χ0n) is 17.4. The van der Waals surface area contributed by atoms with Crippen LogP contribution < -0.4 is 4.74 Å². The molecule has 164 valence electrons. The summed E-state index contributed by atoms with van der Waals surface area (Å²) in [7, 11) is 0. The summed E-state index contributed by atoms with van der Waals surface area (Å²) in [4.78, 5) is 16.6. The van der Waals surface area contributed by atoms with Crippen LogP contribution in [0.4, 0.5) is 0 Å². The second-order valence-corrected chi connectivity index (χ2v) is 9.59. The summed E-state index contributed by atoms with van der Waals surface area (Å²) < 4.78 is 5.79. The van der Waals surface area contributed by atoms with Gasteiger partial charge in [0.15, 0.2) is 5.84 Å². The summed E-state index contributed by atoms with van der Waals surface area (Å²) in [6.45, 7) is 4.50. The van der Waals surface area contributed by atoms with E-state index in [1.54, 1.807) is 30.3 Å². The van der Waals surface area contributed by atoms with E-state index in [0.29, 0.717) is 33.5 Å². The van der Waals surface area contributed by atoms with Crippen LogP contribution in [0.15, 0.2) is 58.1 Å². The molecule has 2 aliphatic heterocycles. The number of ether oxygens (including phenoxy) is 1. The first-order valence-corrected chi connectivity index (χ1v) is 11.5. The van der Waals surface area contributed by atoms with E-state index in [2.05, 4.69) is 23.9 Å². The summed E-state index contributed by atoms with van der Waals surface area (Å²) in [5, 5.41) is 16.8. The van der Waals surface area contributed by atoms with Gasteiger partial charge in [0, 0.05) is 22.0 Å². The standard InChI is InChI=1S/C23H20Cl2N4O2S/c1-13(2)9-20-28-29-21(26)18(22(30)27-23(29)32-20)10-14-3-7-17(8-4-14)31-12-15-5-6-16(24)11-19(15)25/h3-8,10-11,13,26H,9,12H2,1-2H3/b18-10-,26-21?. The number of amidine groups is 2.